The van der Waals surface area contributed by atoms with Crippen LogP contribution in [0.3, 0.4) is 0 Å². The van der Waals surface area contributed by atoms with Crippen molar-refractivity contribution >= 4 is 0 Å². The molecule has 1 nitrogen and oxygen atoms in total. The minimum absolute atomic E-state index is 0.735. The van der Waals surface area contributed by atoms with Gasteiger partial charge in [-0.15, -0.1) is 0 Å². The van der Waals surface area contributed by atoms with E-state index in [1.807, 2.05) is 0 Å². The highest BCUT2D eigenvalue weighted by atomic mass is 15.1. The number of allylic oxidation sites excluding steroid dienone is 4. The van der Waals surface area contributed by atoms with Gasteiger partial charge in [0.2, 0.25) is 0 Å². The molecule has 15 heavy (non-hydrogen) atoms. The fourth-order valence-electron chi connectivity index (χ4n) is 2.77. The van der Waals surface area contributed by atoms with Crippen molar-refractivity contribution in [3.8, 4) is 0 Å². The van der Waals surface area contributed by atoms with Gasteiger partial charge < -0.3 is 4.90 Å². The molecule has 1 aliphatic carbocycles. The van der Waals surface area contributed by atoms with Crippen molar-refractivity contribution in [1.29, 1.82) is 0 Å². The van der Waals surface area contributed by atoms with Gasteiger partial charge in [0.15, 0.2) is 0 Å². The zero-order valence-corrected chi connectivity index (χ0v) is 9.86. The predicted octanol–water partition coefficient (Wildman–Crippen LogP) is 3.38. The molecule has 0 aromatic heterocycles. The second kappa shape index (κ2) is 5.50. The average molecular weight is 205 g/mol. The summed E-state index contributed by atoms with van der Waals surface area (Å²) in [6.45, 7) is 1.31. The lowest BCUT2D eigenvalue weighted by molar-refractivity contribution is 0.172. The first kappa shape index (κ1) is 10.9. The van der Waals surface area contributed by atoms with Crippen LogP contribution in [0.25, 0.3) is 0 Å². The zero-order valence-electron chi connectivity index (χ0n) is 9.86. The van der Waals surface area contributed by atoms with E-state index in [9.17, 15) is 0 Å². The number of piperidine rings is 1. The Kier molecular flexibility index (Phi) is 4.01. The van der Waals surface area contributed by atoms with Crippen molar-refractivity contribution in [1.82, 2.24) is 4.90 Å². The smallest absolute Gasteiger partial charge is 0.00922 e. The minimum Gasteiger partial charge on any atom is -0.303 e. The monoisotopic (exact) mass is 205 g/mol. The van der Waals surface area contributed by atoms with E-state index >= 15 is 0 Å². The summed E-state index contributed by atoms with van der Waals surface area (Å²) >= 11 is 0. The van der Waals surface area contributed by atoms with Crippen LogP contribution in [0.4, 0.5) is 0 Å². The van der Waals surface area contributed by atoms with Gasteiger partial charge in [-0.1, -0.05) is 37.1 Å². The summed E-state index contributed by atoms with van der Waals surface area (Å²) in [5.41, 5.74) is 0. The van der Waals surface area contributed by atoms with Crippen LogP contribution in [-0.2, 0) is 0 Å². The number of rotatable bonds is 4. The molecular formula is C14H23N. The van der Waals surface area contributed by atoms with Gasteiger partial charge >= 0.3 is 0 Å². The highest BCUT2D eigenvalue weighted by molar-refractivity contribution is 5.17. The first-order chi connectivity index (χ1) is 7.36. The maximum Gasteiger partial charge on any atom is 0.00922 e. The molecule has 1 saturated heterocycles. The highest BCUT2D eigenvalue weighted by Crippen LogP contribution is 2.22. The quantitative estimate of drug-likeness (QED) is 0.680. The summed E-state index contributed by atoms with van der Waals surface area (Å²) in [5, 5.41) is 0. The molecular weight excluding hydrogens is 182 g/mol. The van der Waals surface area contributed by atoms with E-state index in [-0.39, 0.29) is 0 Å². The Balaban J connectivity index is 1.64. The van der Waals surface area contributed by atoms with Gasteiger partial charge in [-0.2, -0.15) is 0 Å². The number of hydrogen-bond donors (Lipinski definition) is 0. The molecule has 0 saturated carbocycles. The Morgan fingerprint density at radius 1 is 1.13 bits per heavy atom. The third kappa shape index (κ3) is 3.20. The molecule has 0 aromatic rings. The van der Waals surface area contributed by atoms with Crippen molar-refractivity contribution in [2.24, 2.45) is 5.92 Å². The maximum absolute atomic E-state index is 2.56. The Bertz CT molecular complexity index is 230. The number of nitrogens with zero attached hydrogens (tertiary/aromatic N) is 1. The Morgan fingerprint density at radius 2 is 1.93 bits per heavy atom. The van der Waals surface area contributed by atoms with Gasteiger partial charge in [0.25, 0.3) is 0 Å². The molecule has 1 unspecified atom stereocenters. The summed E-state index contributed by atoms with van der Waals surface area (Å²) < 4.78 is 0. The normalized spacial score (nSPS) is 27.7. The molecule has 2 rings (SSSR count). The van der Waals surface area contributed by atoms with Gasteiger partial charge in [-0.25, -0.2) is 0 Å². The van der Waals surface area contributed by atoms with E-state index in [1.165, 1.54) is 45.1 Å². The number of likely N-dealkylation sites (tertiary alicyclic amines) is 1. The summed E-state index contributed by atoms with van der Waals surface area (Å²) in [7, 11) is 2.29. The topological polar surface area (TPSA) is 3.24 Å². The van der Waals surface area contributed by atoms with Crippen LogP contribution in [0.5, 0.6) is 0 Å². The summed E-state index contributed by atoms with van der Waals surface area (Å²) in [6, 6.07) is 0.869. The van der Waals surface area contributed by atoms with Crippen LogP contribution >= 0.6 is 0 Å². The Labute approximate surface area is 93.9 Å². The van der Waals surface area contributed by atoms with Gasteiger partial charge in [0.1, 0.15) is 0 Å². The van der Waals surface area contributed by atoms with Crippen molar-refractivity contribution in [2.75, 3.05) is 13.6 Å². The standard InChI is InChI=1S/C14H23N/c1-15-12-5-4-10-14(15)11-6-9-13-7-2-3-8-13/h2-3,7-8,13-14H,4-6,9-12H2,1H3. The second-order valence-corrected chi connectivity index (χ2v) is 4.99. The van der Waals surface area contributed by atoms with Crippen LogP contribution < -0.4 is 0 Å². The first-order valence-corrected chi connectivity index (χ1v) is 6.41. The molecule has 0 spiro atoms. The number of hydrogen-bond acceptors (Lipinski definition) is 1. The van der Waals surface area contributed by atoms with Crippen molar-refractivity contribution in [2.45, 2.75) is 44.6 Å². The molecule has 1 fully saturated rings. The molecule has 0 bridgehead atoms. The lowest BCUT2D eigenvalue weighted by Crippen LogP contribution is -2.36. The molecule has 1 aliphatic heterocycles. The minimum atomic E-state index is 0.735. The highest BCUT2D eigenvalue weighted by Gasteiger charge is 2.18. The fourth-order valence-corrected chi connectivity index (χ4v) is 2.77. The lowest BCUT2D eigenvalue weighted by Gasteiger charge is -2.32. The van der Waals surface area contributed by atoms with E-state index in [2.05, 4.69) is 36.3 Å². The Morgan fingerprint density at radius 3 is 2.67 bits per heavy atom. The fraction of sp³-hybridized carbons (Fsp3) is 0.714. The van der Waals surface area contributed by atoms with Crippen LogP contribution in [0, 0.1) is 5.92 Å². The largest absolute Gasteiger partial charge is 0.303 e. The van der Waals surface area contributed by atoms with E-state index in [0.29, 0.717) is 0 Å². The first-order valence-electron chi connectivity index (χ1n) is 6.41. The molecule has 1 atom stereocenters. The van der Waals surface area contributed by atoms with Crippen molar-refractivity contribution in [3.63, 3.8) is 0 Å². The van der Waals surface area contributed by atoms with Crippen LogP contribution in [-0.4, -0.2) is 24.5 Å². The SMILES string of the molecule is CN1CCCCC1CCCC1C=CC=C1. The third-order valence-electron chi connectivity index (χ3n) is 3.82. The second-order valence-electron chi connectivity index (χ2n) is 4.99. The molecule has 0 radical (unpaired) electrons. The third-order valence-corrected chi connectivity index (χ3v) is 3.82. The summed E-state index contributed by atoms with van der Waals surface area (Å²) in [6.07, 6.45) is 17.4. The van der Waals surface area contributed by atoms with E-state index in [4.69, 9.17) is 0 Å². The molecule has 0 aromatic carbocycles. The van der Waals surface area contributed by atoms with Gasteiger partial charge in [-0.05, 0) is 45.2 Å². The zero-order chi connectivity index (χ0) is 10.5. The molecule has 1 heterocycles. The van der Waals surface area contributed by atoms with E-state index < -0.39 is 0 Å². The van der Waals surface area contributed by atoms with Gasteiger partial charge in [-0.3, -0.25) is 0 Å². The van der Waals surface area contributed by atoms with Crippen LogP contribution in [0.15, 0.2) is 24.3 Å². The lowest BCUT2D eigenvalue weighted by atomic mass is 9.95. The van der Waals surface area contributed by atoms with Gasteiger partial charge in [0.05, 0.1) is 0 Å². The average Bonchev–Trinajstić information content (AvgIpc) is 2.74. The summed E-state index contributed by atoms with van der Waals surface area (Å²) in [5.74, 6) is 0.735. The van der Waals surface area contributed by atoms with Crippen LogP contribution in [0.1, 0.15) is 38.5 Å². The summed E-state index contributed by atoms with van der Waals surface area (Å²) in [4.78, 5) is 2.56. The molecule has 2 aliphatic rings. The van der Waals surface area contributed by atoms with E-state index in [0.717, 1.165) is 12.0 Å². The Hall–Kier alpha value is -0.560. The molecule has 84 valence electrons. The van der Waals surface area contributed by atoms with Gasteiger partial charge in [0, 0.05) is 6.04 Å². The van der Waals surface area contributed by atoms with E-state index in [1.54, 1.807) is 0 Å². The van der Waals surface area contributed by atoms with Crippen LogP contribution in [0.2, 0.25) is 0 Å². The predicted molar refractivity (Wildman–Crippen MR) is 65.9 cm³/mol. The van der Waals surface area contributed by atoms with Crippen molar-refractivity contribution in [3.05, 3.63) is 24.3 Å². The maximum atomic E-state index is 2.56. The molecule has 0 N–H and O–H groups in total. The van der Waals surface area contributed by atoms with Crippen molar-refractivity contribution < 1.29 is 0 Å². The molecule has 0 amide bonds. The molecule has 1 heteroatoms.